The summed E-state index contributed by atoms with van der Waals surface area (Å²) in [7, 11) is 0. The van der Waals surface area contributed by atoms with Crippen LogP contribution in [-0.2, 0) is 0 Å². The van der Waals surface area contributed by atoms with Crippen LogP contribution in [0.5, 0.6) is 0 Å². The second kappa shape index (κ2) is 3.49. The molecular formula is C8H10N2OS. The van der Waals surface area contributed by atoms with Gasteiger partial charge in [-0.15, -0.1) is 11.8 Å². The van der Waals surface area contributed by atoms with Crippen molar-refractivity contribution in [3.63, 3.8) is 0 Å². The molecule has 0 radical (unpaired) electrons. The molecule has 0 atom stereocenters. The quantitative estimate of drug-likeness (QED) is 0.531. The average molecular weight is 182 g/mol. The molecular weight excluding hydrogens is 172 g/mol. The van der Waals surface area contributed by atoms with Gasteiger partial charge in [0.05, 0.1) is 5.56 Å². The lowest BCUT2D eigenvalue weighted by Crippen LogP contribution is -2.12. The van der Waals surface area contributed by atoms with E-state index in [9.17, 15) is 4.79 Å². The third-order valence-corrected chi connectivity index (χ3v) is 2.38. The van der Waals surface area contributed by atoms with E-state index >= 15 is 0 Å². The van der Waals surface area contributed by atoms with Crippen molar-refractivity contribution in [1.29, 1.82) is 0 Å². The van der Waals surface area contributed by atoms with Gasteiger partial charge in [-0.2, -0.15) is 0 Å². The summed E-state index contributed by atoms with van der Waals surface area (Å²) in [6.45, 7) is 0. The molecule has 12 heavy (non-hydrogen) atoms. The van der Waals surface area contributed by atoms with E-state index in [1.54, 1.807) is 18.2 Å². The second-order valence-corrected chi connectivity index (χ2v) is 3.11. The van der Waals surface area contributed by atoms with Crippen molar-refractivity contribution in [2.24, 2.45) is 5.73 Å². The summed E-state index contributed by atoms with van der Waals surface area (Å²) in [5, 5.41) is 0. The number of nitrogen functional groups attached to an aromatic ring is 1. The molecule has 0 saturated heterocycles. The summed E-state index contributed by atoms with van der Waals surface area (Å²) in [5.41, 5.74) is 11.9. The summed E-state index contributed by atoms with van der Waals surface area (Å²) < 4.78 is 0. The Balaban J connectivity index is 3.27. The molecule has 1 amide bonds. The van der Waals surface area contributed by atoms with Gasteiger partial charge < -0.3 is 11.5 Å². The number of nitrogens with two attached hydrogens (primary N) is 2. The topological polar surface area (TPSA) is 69.1 Å². The van der Waals surface area contributed by atoms with Crippen LogP contribution in [0.3, 0.4) is 0 Å². The van der Waals surface area contributed by atoms with Crippen LogP contribution in [0.4, 0.5) is 5.69 Å². The molecule has 0 saturated carbocycles. The molecule has 0 bridgehead atoms. The number of anilines is 1. The first-order chi connectivity index (χ1) is 5.66. The van der Waals surface area contributed by atoms with Crippen molar-refractivity contribution >= 4 is 23.4 Å². The Morgan fingerprint density at radius 3 is 2.58 bits per heavy atom. The number of carbonyl (C=O) groups excluding carboxylic acids is 1. The molecule has 0 unspecified atom stereocenters. The lowest BCUT2D eigenvalue weighted by molar-refractivity contribution is 0.0997. The zero-order chi connectivity index (χ0) is 9.14. The predicted molar refractivity (Wildman–Crippen MR) is 51.2 cm³/mol. The molecule has 4 N–H and O–H groups in total. The van der Waals surface area contributed by atoms with E-state index in [-0.39, 0.29) is 0 Å². The van der Waals surface area contributed by atoms with Crippen LogP contribution in [0.2, 0.25) is 0 Å². The molecule has 0 aliphatic carbocycles. The smallest absolute Gasteiger partial charge is 0.249 e. The third-order valence-electron chi connectivity index (χ3n) is 1.52. The van der Waals surface area contributed by atoms with Crippen LogP contribution in [0.25, 0.3) is 0 Å². The van der Waals surface area contributed by atoms with E-state index in [2.05, 4.69) is 0 Å². The Kier molecular flexibility index (Phi) is 2.60. The number of primary amides is 1. The van der Waals surface area contributed by atoms with Gasteiger partial charge in [0.15, 0.2) is 0 Å². The van der Waals surface area contributed by atoms with Crippen molar-refractivity contribution in [3.8, 4) is 0 Å². The summed E-state index contributed by atoms with van der Waals surface area (Å²) in [6.07, 6.45) is 1.86. The Labute approximate surface area is 75.1 Å². The Morgan fingerprint density at radius 2 is 2.17 bits per heavy atom. The maximum Gasteiger partial charge on any atom is 0.249 e. The van der Waals surface area contributed by atoms with Crippen molar-refractivity contribution in [3.05, 3.63) is 23.8 Å². The highest BCUT2D eigenvalue weighted by molar-refractivity contribution is 7.98. The molecule has 4 heteroatoms. The van der Waals surface area contributed by atoms with Gasteiger partial charge in [0.25, 0.3) is 0 Å². The molecule has 3 nitrogen and oxygen atoms in total. The maximum absolute atomic E-state index is 10.9. The van der Waals surface area contributed by atoms with Gasteiger partial charge in [0, 0.05) is 10.6 Å². The minimum absolute atomic E-state index is 0.438. The Bertz CT molecular complexity index is 312. The fourth-order valence-electron chi connectivity index (χ4n) is 0.977. The molecule has 1 rings (SSSR count). The predicted octanol–water partition coefficient (Wildman–Crippen LogP) is 1.09. The lowest BCUT2D eigenvalue weighted by Gasteiger charge is -2.05. The van der Waals surface area contributed by atoms with Crippen LogP contribution < -0.4 is 11.5 Å². The molecule has 0 aliphatic heterocycles. The average Bonchev–Trinajstić information content (AvgIpc) is 2.03. The van der Waals surface area contributed by atoms with E-state index in [1.165, 1.54) is 11.8 Å². The van der Waals surface area contributed by atoms with Gasteiger partial charge in [-0.3, -0.25) is 4.79 Å². The number of benzene rings is 1. The van der Waals surface area contributed by atoms with Crippen molar-refractivity contribution < 1.29 is 4.79 Å². The highest BCUT2D eigenvalue weighted by Gasteiger charge is 2.08. The minimum Gasteiger partial charge on any atom is -0.398 e. The monoisotopic (exact) mass is 182 g/mol. The molecule has 1 aromatic rings. The number of hydrogen-bond donors (Lipinski definition) is 2. The highest BCUT2D eigenvalue weighted by Crippen LogP contribution is 2.26. The fraction of sp³-hybridized carbons (Fsp3) is 0.125. The number of carbonyl (C=O) groups is 1. The zero-order valence-electron chi connectivity index (χ0n) is 6.70. The SMILES string of the molecule is CSc1c(N)cccc1C(N)=O. The molecule has 0 aliphatic rings. The van der Waals surface area contributed by atoms with E-state index in [4.69, 9.17) is 11.5 Å². The zero-order valence-corrected chi connectivity index (χ0v) is 7.52. The second-order valence-electron chi connectivity index (χ2n) is 2.29. The Morgan fingerprint density at radius 1 is 1.50 bits per heavy atom. The summed E-state index contributed by atoms with van der Waals surface area (Å²) in [6, 6.07) is 5.14. The lowest BCUT2D eigenvalue weighted by atomic mass is 10.2. The largest absolute Gasteiger partial charge is 0.398 e. The Hall–Kier alpha value is -1.16. The van der Waals surface area contributed by atoms with E-state index in [0.29, 0.717) is 11.3 Å². The van der Waals surface area contributed by atoms with Crippen LogP contribution in [0, 0.1) is 0 Å². The van der Waals surface area contributed by atoms with Gasteiger partial charge >= 0.3 is 0 Å². The van der Waals surface area contributed by atoms with E-state index < -0.39 is 5.91 Å². The first-order valence-electron chi connectivity index (χ1n) is 3.39. The highest BCUT2D eigenvalue weighted by atomic mass is 32.2. The number of rotatable bonds is 2. The van der Waals surface area contributed by atoms with E-state index in [0.717, 1.165) is 4.90 Å². The van der Waals surface area contributed by atoms with Crippen molar-refractivity contribution in [2.45, 2.75) is 4.90 Å². The normalized spacial score (nSPS) is 9.75. The van der Waals surface area contributed by atoms with Crippen LogP contribution >= 0.6 is 11.8 Å². The van der Waals surface area contributed by atoms with Gasteiger partial charge in [-0.05, 0) is 18.4 Å². The molecule has 0 heterocycles. The first-order valence-corrected chi connectivity index (χ1v) is 4.61. The van der Waals surface area contributed by atoms with Gasteiger partial charge in [0.1, 0.15) is 0 Å². The molecule has 0 spiro atoms. The van der Waals surface area contributed by atoms with E-state index in [1.807, 2.05) is 6.26 Å². The standard InChI is InChI=1S/C8H10N2OS/c1-12-7-5(8(10)11)3-2-4-6(7)9/h2-4H,9H2,1H3,(H2,10,11). The fourth-order valence-corrected chi connectivity index (χ4v) is 1.67. The maximum atomic E-state index is 10.9. The molecule has 0 fully saturated rings. The van der Waals surface area contributed by atoms with Gasteiger partial charge in [-0.25, -0.2) is 0 Å². The summed E-state index contributed by atoms with van der Waals surface area (Å²) >= 11 is 1.42. The number of thioether (sulfide) groups is 1. The van der Waals surface area contributed by atoms with Crippen molar-refractivity contribution in [1.82, 2.24) is 0 Å². The first kappa shape index (κ1) is 8.93. The summed E-state index contributed by atoms with van der Waals surface area (Å²) in [4.78, 5) is 11.6. The van der Waals surface area contributed by atoms with Crippen LogP contribution in [0.15, 0.2) is 23.1 Å². The number of hydrogen-bond acceptors (Lipinski definition) is 3. The minimum atomic E-state index is -0.438. The summed E-state index contributed by atoms with van der Waals surface area (Å²) in [5.74, 6) is -0.438. The molecule has 64 valence electrons. The molecule has 0 aromatic heterocycles. The van der Waals surface area contributed by atoms with Crippen LogP contribution in [0.1, 0.15) is 10.4 Å². The van der Waals surface area contributed by atoms with Crippen molar-refractivity contribution in [2.75, 3.05) is 12.0 Å². The van der Waals surface area contributed by atoms with Crippen LogP contribution in [-0.4, -0.2) is 12.2 Å². The number of amides is 1. The third kappa shape index (κ3) is 1.53. The molecule has 1 aromatic carbocycles. The van der Waals surface area contributed by atoms with Gasteiger partial charge in [0.2, 0.25) is 5.91 Å². The van der Waals surface area contributed by atoms with Gasteiger partial charge in [-0.1, -0.05) is 6.07 Å².